The second-order valence-electron chi connectivity index (χ2n) is 3.97. The molecule has 1 heteroatoms. The van der Waals surface area contributed by atoms with Crippen LogP contribution in [0.5, 0.6) is 0 Å². The molecule has 0 unspecified atom stereocenters. The Morgan fingerprint density at radius 1 is 0.818 bits per heavy atom. The predicted octanol–water partition coefficient (Wildman–Crippen LogP) is 3.39. The first-order valence-electron chi connectivity index (χ1n) is 5.43. The second-order valence-corrected chi connectivity index (χ2v) is 3.97. The Bertz CT molecular complexity index is 80.9. The van der Waals surface area contributed by atoms with E-state index in [9.17, 15) is 0 Å². The molecule has 0 heterocycles. The van der Waals surface area contributed by atoms with Gasteiger partial charge in [-0.3, -0.25) is 0 Å². The van der Waals surface area contributed by atoms with Gasteiger partial charge in [0.1, 0.15) is 7.28 Å². The van der Waals surface area contributed by atoms with E-state index in [4.69, 9.17) is 0 Å². The van der Waals surface area contributed by atoms with E-state index >= 15 is 0 Å². The Labute approximate surface area is 72.0 Å². The lowest BCUT2D eigenvalue weighted by atomic mass is 9.63. The molecule has 0 nitrogen and oxygen atoms in total. The van der Waals surface area contributed by atoms with Gasteiger partial charge in [-0.2, -0.15) is 0 Å². The van der Waals surface area contributed by atoms with Crippen molar-refractivity contribution in [2.45, 2.75) is 64.0 Å². The van der Waals surface area contributed by atoms with Gasteiger partial charge in [-0.15, -0.1) is 0 Å². The van der Waals surface area contributed by atoms with E-state index in [1.807, 2.05) is 0 Å². The summed E-state index contributed by atoms with van der Waals surface area (Å²) < 4.78 is 0. The van der Waals surface area contributed by atoms with Crippen molar-refractivity contribution >= 4 is 7.28 Å². The normalized spacial score (nSPS) is 23.4. The Kier molecular flexibility index (Phi) is 4.73. The second kappa shape index (κ2) is 5.68. The molecule has 0 radical (unpaired) electrons. The molecule has 0 aromatic carbocycles. The molecule has 1 fully saturated rings. The van der Waals surface area contributed by atoms with Gasteiger partial charge in [0.25, 0.3) is 0 Å². The molecule has 1 rings (SSSR count). The minimum atomic E-state index is 1.06. The standard InChI is InChI=1S/C10H21B/c1-11-10-8-6-4-2-3-5-7-9-10/h10-11H,2-9H2,1H3. The molecule has 0 amide bonds. The Morgan fingerprint density at radius 3 is 1.73 bits per heavy atom. The van der Waals surface area contributed by atoms with Crippen molar-refractivity contribution in [1.82, 2.24) is 0 Å². The van der Waals surface area contributed by atoms with Crippen LogP contribution in [0, 0.1) is 0 Å². The van der Waals surface area contributed by atoms with Gasteiger partial charge in [-0.1, -0.05) is 64.0 Å². The lowest BCUT2D eigenvalue weighted by Gasteiger charge is -2.10. The first-order valence-corrected chi connectivity index (χ1v) is 5.43. The van der Waals surface area contributed by atoms with Crippen molar-refractivity contribution in [3.63, 3.8) is 0 Å². The van der Waals surface area contributed by atoms with Crippen molar-refractivity contribution < 1.29 is 0 Å². The van der Waals surface area contributed by atoms with Gasteiger partial charge in [0.05, 0.1) is 0 Å². The molecule has 0 N–H and O–H groups in total. The van der Waals surface area contributed by atoms with Crippen LogP contribution in [0.25, 0.3) is 0 Å². The lowest BCUT2D eigenvalue weighted by molar-refractivity contribution is 0.619. The van der Waals surface area contributed by atoms with Crippen molar-refractivity contribution in [3.05, 3.63) is 0 Å². The lowest BCUT2D eigenvalue weighted by Crippen LogP contribution is -1.99. The summed E-state index contributed by atoms with van der Waals surface area (Å²) in [4.78, 5) is 0. The highest BCUT2D eigenvalue weighted by Crippen LogP contribution is 2.24. The molecule has 1 saturated carbocycles. The van der Waals surface area contributed by atoms with Gasteiger partial charge in [0.15, 0.2) is 0 Å². The Balaban J connectivity index is 2.19. The molecular weight excluding hydrogens is 131 g/mol. The maximum Gasteiger partial charge on any atom is 0.120 e. The zero-order valence-electron chi connectivity index (χ0n) is 7.94. The van der Waals surface area contributed by atoms with Crippen LogP contribution in [-0.2, 0) is 0 Å². The first kappa shape index (κ1) is 9.16. The summed E-state index contributed by atoms with van der Waals surface area (Å²) in [6.45, 7) is 2.35. The predicted molar refractivity (Wildman–Crippen MR) is 53.7 cm³/mol. The summed E-state index contributed by atoms with van der Waals surface area (Å²) in [5.74, 6) is 1.06. The highest BCUT2D eigenvalue weighted by atomic mass is 14.1. The average molecular weight is 152 g/mol. The third-order valence-corrected chi connectivity index (χ3v) is 3.05. The third-order valence-electron chi connectivity index (χ3n) is 3.05. The quantitative estimate of drug-likeness (QED) is 0.505. The zero-order valence-corrected chi connectivity index (χ0v) is 7.94. The molecule has 0 atom stereocenters. The third kappa shape index (κ3) is 3.84. The molecule has 64 valence electrons. The Morgan fingerprint density at radius 2 is 1.27 bits per heavy atom. The number of hydrogen-bond donors (Lipinski definition) is 0. The summed E-state index contributed by atoms with van der Waals surface area (Å²) in [5, 5.41) is 0. The number of rotatable bonds is 1. The van der Waals surface area contributed by atoms with Gasteiger partial charge in [0, 0.05) is 0 Å². The molecule has 11 heavy (non-hydrogen) atoms. The fraction of sp³-hybridized carbons (Fsp3) is 1.00. The van der Waals surface area contributed by atoms with Crippen LogP contribution in [0.15, 0.2) is 0 Å². The summed E-state index contributed by atoms with van der Waals surface area (Å²) in [6.07, 6.45) is 12.0. The van der Waals surface area contributed by atoms with Crippen LogP contribution in [0.1, 0.15) is 51.4 Å². The van der Waals surface area contributed by atoms with Gasteiger partial charge in [0.2, 0.25) is 0 Å². The van der Waals surface area contributed by atoms with Crippen molar-refractivity contribution in [3.8, 4) is 0 Å². The molecule has 0 bridgehead atoms. The van der Waals surface area contributed by atoms with E-state index in [0.717, 1.165) is 5.82 Å². The van der Waals surface area contributed by atoms with Gasteiger partial charge in [-0.05, 0) is 0 Å². The maximum atomic E-state index is 2.35. The molecule has 0 spiro atoms. The molecule has 0 aromatic rings. The first-order chi connectivity index (χ1) is 5.43. The van der Waals surface area contributed by atoms with Crippen LogP contribution in [0.2, 0.25) is 12.6 Å². The van der Waals surface area contributed by atoms with Crippen molar-refractivity contribution in [2.75, 3.05) is 0 Å². The molecule has 0 saturated heterocycles. The van der Waals surface area contributed by atoms with Crippen LogP contribution in [0.4, 0.5) is 0 Å². The van der Waals surface area contributed by atoms with Gasteiger partial charge in [-0.25, -0.2) is 0 Å². The van der Waals surface area contributed by atoms with Gasteiger partial charge >= 0.3 is 0 Å². The highest BCUT2D eigenvalue weighted by molar-refractivity contribution is 6.35. The van der Waals surface area contributed by atoms with E-state index in [2.05, 4.69) is 6.82 Å². The summed E-state index contributed by atoms with van der Waals surface area (Å²) in [7, 11) is 1.42. The van der Waals surface area contributed by atoms with Crippen molar-refractivity contribution in [2.24, 2.45) is 0 Å². The number of hydrogen-bond acceptors (Lipinski definition) is 0. The monoisotopic (exact) mass is 152 g/mol. The minimum Gasteiger partial charge on any atom is -0.0891 e. The highest BCUT2D eigenvalue weighted by Gasteiger charge is 2.08. The van der Waals surface area contributed by atoms with Crippen LogP contribution in [0.3, 0.4) is 0 Å². The van der Waals surface area contributed by atoms with Crippen LogP contribution in [-0.4, -0.2) is 7.28 Å². The smallest absolute Gasteiger partial charge is 0.0891 e. The fourth-order valence-electron chi connectivity index (χ4n) is 2.13. The SMILES string of the molecule is CBC1CCCCCCCC1. The summed E-state index contributed by atoms with van der Waals surface area (Å²) in [6, 6.07) is 0. The molecule has 0 aliphatic heterocycles. The van der Waals surface area contributed by atoms with Crippen LogP contribution >= 0.6 is 0 Å². The van der Waals surface area contributed by atoms with Gasteiger partial charge < -0.3 is 0 Å². The summed E-state index contributed by atoms with van der Waals surface area (Å²) in [5.41, 5.74) is 0. The summed E-state index contributed by atoms with van der Waals surface area (Å²) >= 11 is 0. The average Bonchev–Trinajstić information content (AvgIpc) is 2.16. The molecule has 0 aromatic heterocycles. The molecule has 1 aliphatic rings. The topological polar surface area (TPSA) is 0 Å². The van der Waals surface area contributed by atoms with E-state index in [1.54, 1.807) is 0 Å². The van der Waals surface area contributed by atoms with E-state index in [1.165, 1.54) is 58.6 Å². The fourth-order valence-corrected chi connectivity index (χ4v) is 2.13. The molecular formula is C10H21B. The Hall–Kier alpha value is 0.0649. The van der Waals surface area contributed by atoms with Crippen molar-refractivity contribution in [1.29, 1.82) is 0 Å². The largest absolute Gasteiger partial charge is 0.120 e. The maximum absolute atomic E-state index is 2.35. The molecule has 1 aliphatic carbocycles. The van der Waals surface area contributed by atoms with E-state index in [-0.39, 0.29) is 0 Å². The minimum absolute atomic E-state index is 1.06. The zero-order chi connectivity index (χ0) is 7.94. The van der Waals surface area contributed by atoms with Crippen LogP contribution < -0.4 is 0 Å². The van der Waals surface area contributed by atoms with E-state index in [0.29, 0.717) is 0 Å². The van der Waals surface area contributed by atoms with E-state index < -0.39 is 0 Å².